The van der Waals surface area contributed by atoms with E-state index < -0.39 is 0 Å². The largest absolute Gasteiger partial charge is 0.497 e. The van der Waals surface area contributed by atoms with Crippen LogP contribution in [0.1, 0.15) is 39.5 Å². The molecule has 0 saturated heterocycles. The molecule has 0 aliphatic carbocycles. The van der Waals surface area contributed by atoms with Gasteiger partial charge in [0.25, 0.3) is 0 Å². The fraction of sp³-hybridized carbons (Fsp3) is 0.526. The Morgan fingerprint density at radius 1 is 1.22 bits per heavy atom. The summed E-state index contributed by atoms with van der Waals surface area (Å²) in [5.74, 6) is 0.865. The summed E-state index contributed by atoms with van der Waals surface area (Å²) in [6, 6.07) is 8.50. The molecular weight excluding hydrogens is 286 g/mol. The highest BCUT2D eigenvalue weighted by atomic mass is 16.5. The first-order valence-corrected chi connectivity index (χ1v) is 8.64. The smallest absolute Gasteiger partial charge is 0.121 e. The lowest BCUT2D eigenvalue weighted by Crippen LogP contribution is -2.18. The number of hydrogen-bond donors (Lipinski definition) is 2. The summed E-state index contributed by atoms with van der Waals surface area (Å²) in [7, 11) is 1.70. The Bertz CT molecular complexity index is 600. The van der Waals surface area contributed by atoms with Crippen molar-refractivity contribution in [3.05, 3.63) is 30.5 Å². The number of hydrogen-bond acceptors (Lipinski definition) is 4. The van der Waals surface area contributed by atoms with Crippen LogP contribution in [-0.2, 0) is 0 Å². The predicted molar refractivity (Wildman–Crippen MR) is 98.4 cm³/mol. The van der Waals surface area contributed by atoms with Gasteiger partial charge in [0.2, 0.25) is 0 Å². The Balaban J connectivity index is 1.92. The average molecular weight is 315 g/mol. The summed E-state index contributed by atoms with van der Waals surface area (Å²) >= 11 is 0. The van der Waals surface area contributed by atoms with Gasteiger partial charge in [-0.1, -0.05) is 19.4 Å². The molecule has 0 aliphatic heterocycles. The molecule has 0 aliphatic rings. The lowest BCUT2D eigenvalue weighted by atomic mass is 10.1. The standard InChI is InChI=1S/C19H29N3O/c1-4-10-20-11-6-5-8-15(2)22-18-14-17(23-3)13-16-9-7-12-21-19(16)18/h7,9,12-15,20,22H,4-6,8,10-11H2,1-3H3/t15-/m0/s1. The summed E-state index contributed by atoms with van der Waals surface area (Å²) < 4.78 is 5.40. The molecule has 23 heavy (non-hydrogen) atoms. The molecule has 4 nitrogen and oxygen atoms in total. The van der Waals surface area contributed by atoms with Crippen LogP contribution < -0.4 is 15.4 Å². The van der Waals surface area contributed by atoms with Gasteiger partial charge in [-0.3, -0.25) is 4.98 Å². The highest BCUT2D eigenvalue weighted by Gasteiger charge is 2.08. The van der Waals surface area contributed by atoms with Gasteiger partial charge in [0.15, 0.2) is 0 Å². The molecule has 0 radical (unpaired) electrons. The highest BCUT2D eigenvalue weighted by molar-refractivity contribution is 5.91. The summed E-state index contributed by atoms with van der Waals surface area (Å²) in [5, 5.41) is 8.15. The normalized spacial score (nSPS) is 12.3. The van der Waals surface area contributed by atoms with Crippen molar-refractivity contribution in [2.45, 2.75) is 45.6 Å². The van der Waals surface area contributed by atoms with Crippen molar-refractivity contribution in [2.24, 2.45) is 0 Å². The lowest BCUT2D eigenvalue weighted by molar-refractivity contribution is 0.415. The van der Waals surface area contributed by atoms with E-state index in [-0.39, 0.29) is 0 Å². The number of aromatic nitrogens is 1. The number of rotatable bonds is 10. The number of methoxy groups -OCH3 is 1. The Labute approximate surface area is 139 Å². The molecule has 0 spiro atoms. The van der Waals surface area contributed by atoms with E-state index in [2.05, 4.69) is 35.5 Å². The van der Waals surface area contributed by atoms with Gasteiger partial charge in [-0.25, -0.2) is 0 Å². The highest BCUT2D eigenvalue weighted by Crippen LogP contribution is 2.28. The number of benzene rings is 1. The monoisotopic (exact) mass is 315 g/mol. The first-order valence-electron chi connectivity index (χ1n) is 8.64. The van der Waals surface area contributed by atoms with E-state index in [0.29, 0.717) is 6.04 Å². The summed E-state index contributed by atoms with van der Waals surface area (Å²) in [5.41, 5.74) is 2.06. The Morgan fingerprint density at radius 3 is 2.87 bits per heavy atom. The fourth-order valence-electron chi connectivity index (χ4n) is 2.73. The number of fused-ring (bicyclic) bond motifs is 1. The molecule has 0 bridgehead atoms. The SMILES string of the molecule is CCCNCCCC[C@H](C)Nc1cc(OC)cc2cccnc12. The van der Waals surface area contributed by atoms with Gasteiger partial charge >= 0.3 is 0 Å². The minimum Gasteiger partial charge on any atom is -0.497 e. The van der Waals surface area contributed by atoms with Gasteiger partial charge in [0, 0.05) is 23.7 Å². The van der Waals surface area contributed by atoms with Crippen molar-refractivity contribution in [1.82, 2.24) is 10.3 Å². The number of pyridine rings is 1. The van der Waals surface area contributed by atoms with E-state index in [1.807, 2.05) is 24.4 Å². The van der Waals surface area contributed by atoms with Crippen LogP contribution in [0.25, 0.3) is 10.9 Å². The maximum atomic E-state index is 5.40. The fourth-order valence-corrected chi connectivity index (χ4v) is 2.73. The van der Waals surface area contributed by atoms with Gasteiger partial charge < -0.3 is 15.4 Å². The summed E-state index contributed by atoms with van der Waals surface area (Å²) in [6.45, 7) is 6.67. The molecule has 1 aromatic heterocycles. The second kappa shape index (κ2) is 9.36. The molecule has 1 heterocycles. The minimum atomic E-state index is 0.415. The molecule has 4 heteroatoms. The van der Waals surface area contributed by atoms with Gasteiger partial charge in [-0.15, -0.1) is 0 Å². The van der Waals surface area contributed by atoms with E-state index in [4.69, 9.17) is 4.74 Å². The van der Waals surface area contributed by atoms with Crippen LogP contribution >= 0.6 is 0 Å². The van der Waals surface area contributed by atoms with Gasteiger partial charge in [0.05, 0.1) is 18.3 Å². The topological polar surface area (TPSA) is 46.2 Å². The first kappa shape index (κ1) is 17.5. The molecule has 1 aromatic carbocycles. The molecule has 126 valence electrons. The van der Waals surface area contributed by atoms with Gasteiger partial charge in [-0.05, 0) is 51.4 Å². The quantitative estimate of drug-likeness (QED) is 0.645. The van der Waals surface area contributed by atoms with Crippen LogP contribution in [0.5, 0.6) is 5.75 Å². The zero-order valence-electron chi connectivity index (χ0n) is 14.6. The van der Waals surface area contributed by atoms with Crippen molar-refractivity contribution in [2.75, 3.05) is 25.5 Å². The number of nitrogens with zero attached hydrogens (tertiary/aromatic N) is 1. The van der Waals surface area contributed by atoms with E-state index in [0.717, 1.165) is 41.9 Å². The summed E-state index contributed by atoms with van der Waals surface area (Å²) in [4.78, 5) is 4.51. The maximum absolute atomic E-state index is 5.40. The van der Waals surface area contributed by atoms with Crippen molar-refractivity contribution in [3.63, 3.8) is 0 Å². The third kappa shape index (κ3) is 5.39. The van der Waals surface area contributed by atoms with Crippen LogP contribution in [0.15, 0.2) is 30.5 Å². The van der Waals surface area contributed by atoms with E-state index in [9.17, 15) is 0 Å². The Morgan fingerprint density at radius 2 is 2.09 bits per heavy atom. The maximum Gasteiger partial charge on any atom is 0.121 e. The summed E-state index contributed by atoms with van der Waals surface area (Å²) in [6.07, 6.45) is 6.64. The number of nitrogens with one attached hydrogen (secondary N) is 2. The molecule has 1 atom stereocenters. The predicted octanol–water partition coefficient (Wildman–Crippen LogP) is 4.21. The minimum absolute atomic E-state index is 0.415. The number of anilines is 1. The van der Waals surface area contributed by atoms with E-state index in [1.54, 1.807) is 7.11 Å². The molecule has 0 fully saturated rings. The van der Waals surface area contributed by atoms with E-state index >= 15 is 0 Å². The number of ether oxygens (including phenoxy) is 1. The second-order valence-corrected chi connectivity index (χ2v) is 6.04. The zero-order chi connectivity index (χ0) is 16.5. The van der Waals surface area contributed by atoms with E-state index in [1.165, 1.54) is 19.3 Å². The molecule has 2 rings (SSSR count). The van der Waals surface area contributed by atoms with Crippen LogP contribution in [0.2, 0.25) is 0 Å². The Hall–Kier alpha value is -1.81. The van der Waals surface area contributed by atoms with Crippen molar-refractivity contribution in [1.29, 1.82) is 0 Å². The van der Waals surface area contributed by atoms with Crippen LogP contribution in [-0.4, -0.2) is 31.2 Å². The van der Waals surface area contributed by atoms with Crippen LogP contribution in [0.4, 0.5) is 5.69 Å². The Kier molecular flexibility index (Phi) is 7.14. The molecule has 0 unspecified atom stereocenters. The van der Waals surface area contributed by atoms with Crippen LogP contribution in [0.3, 0.4) is 0 Å². The zero-order valence-corrected chi connectivity index (χ0v) is 14.6. The molecule has 0 amide bonds. The van der Waals surface area contributed by atoms with Crippen molar-refractivity contribution >= 4 is 16.6 Å². The molecule has 0 saturated carbocycles. The lowest BCUT2D eigenvalue weighted by Gasteiger charge is -2.17. The average Bonchev–Trinajstić information content (AvgIpc) is 2.57. The third-order valence-electron chi connectivity index (χ3n) is 3.98. The number of unbranched alkanes of at least 4 members (excludes halogenated alkanes) is 1. The van der Waals surface area contributed by atoms with Gasteiger partial charge in [-0.2, -0.15) is 0 Å². The van der Waals surface area contributed by atoms with Crippen LogP contribution in [0, 0.1) is 0 Å². The van der Waals surface area contributed by atoms with Crippen molar-refractivity contribution < 1.29 is 4.74 Å². The van der Waals surface area contributed by atoms with Gasteiger partial charge in [0.1, 0.15) is 5.75 Å². The van der Waals surface area contributed by atoms with Crippen molar-refractivity contribution in [3.8, 4) is 5.75 Å². The second-order valence-electron chi connectivity index (χ2n) is 6.04. The molecule has 2 N–H and O–H groups in total. The first-order chi connectivity index (χ1) is 11.2. The molecular formula is C19H29N3O. The third-order valence-corrected chi connectivity index (χ3v) is 3.98. The molecule has 2 aromatic rings.